The van der Waals surface area contributed by atoms with Gasteiger partial charge in [-0.1, -0.05) is 0 Å². The van der Waals surface area contributed by atoms with E-state index in [1.165, 1.54) is 5.56 Å². The van der Waals surface area contributed by atoms with Gasteiger partial charge in [0, 0.05) is 31.2 Å². The van der Waals surface area contributed by atoms with Crippen LogP contribution >= 0.6 is 0 Å². The molecule has 2 amide bonds. The zero-order valence-corrected chi connectivity index (χ0v) is 11.6. The molecule has 0 saturated heterocycles. The molecule has 0 aliphatic heterocycles. The third-order valence-electron chi connectivity index (χ3n) is 2.61. The topological polar surface area (TPSA) is 57.5 Å². The molecule has 18 heavy (non-hydrogen) atoms. The summed E-state index contributed by atoms with van der Waals surface area (Å²) in [5.41, 5.74) is 1.18. The van der Waals surface area contributed by atoms with Crippen LogP contribution in [-0.2, 0) is 6.54 Å². The minimum atomic E-state index is -0.113. The van der Waals surface area contributed by atoms with E-state index in [0.717, 1.165) is 18.8 Å². The van der Waals surface area contributed by atoms with Crippen molar-refractivity contribution in [3.8, 4) is 0 Å². The van der Waals surface area contributed by atoms with Crippen LogP contribution in [0.1, 0.15) is 25.2 Å². The molecule has 2 N–H and O–H groups in total. The number of hydrogen-bond donors (Lipinski definition) is 2. The van der Waals surface area contributed by atoms with Crippen molar-refractivity contribution < 1.29 is 9.21 Å². The van der Waals surface area contributed by atoms with E-state index in [9.17, 15) is 4.79 Å². The summed E-state index contributed by atoms with van der Waals surface area (Å²) in [6.07, 6.45) is 1.70. The van der Waals surface area contributed by atoms with Gasteiger partial charge in [0.25, 0.3) is 0 Å². The van der Waals surface area contributed by atoms with Crippen LogP contribution in [0, 0.1) is 6.92 Å². The molecule has 1 aromatic rings. The summed E-state index contributed by atoms with van der Waals surface area (Å²) in [5.74, 6) is 0.951. The molecule has 0 unspecified atom stereocenters. The smallest absolute Gasteiger partial charge is 0.315 e. The van der Waals surface area contributed by atoms with Crippen LogP contribution in [0.2, 0.25) is 0 Å². The molecule has 0 aliphatic rings. The van der Waals surface area contributed by atoms with Gasteiger partial charge in [0.15, 0.2) is 0 Å². The fourth-order valence-electron chi connectivity index (χ4n) is 1.62. The number of aryl methyl sites for hydroxylation is 1. The molecule has 1 heterocycles. The van der Waals surface area contributed by atoms with E-state index in [-0.39, 0.29) is 12.1 Å². The van der Waals surface area contributed by atoms with Crippen LogP contribution in [0.5, 0.6) is 0 Å². The lowest BCUT2D eigenvalue weighted by Gasteiger charge is -2.17. The van der Waals surface area contributed by atoms with Gasteiger partial charge < -0.3 is 20.0 Å². The largest absolute Gasteiger partial charge is 0.469 e. The predicted octanol–water partition coefficient (Wildman–Crippen LogP) is 1.73. The molecule has 0 aliphatic carbocycles. The molecule has 0 radical (unpaired) electrons. The number of furan rings is 1. The Kier molecular flexibility index (Phi) is 5.71. The third-order valence-corrected chi connectivity index (χ3v) is 2.61. The summed E-state index contributed by atoms with van der Waals surface area (Å²) in [4.78, 5) is 13.5. The number of nitrogens with zero attached hydrogens (tertiary/aromatic N) is 1. The minimum absolute atomic E-state index is 0.113. The maximum atomic E-state index is 11.4. The van der Waals surface area contributed by atoms with Crippen LogP contribution in [0.25, 0.3) is 0 Å². The van der Waals surface area contributed by atoms with E-state index in [0.29, 0.717) is 6.54 Å². The Bertz CT molecular complexity index is 374. The van der Waals surface area contributed by atoms with Gasteiger partial charge in [-0.2, -0.15) is 0 Å². The maximum absolute atomic E-state index is 11.4. The first kappa shape index (κ1) is 14.6. The molecule has 5 heteroatoms. The van der Waals surface area contributed by atoms with Gasteiger partial charge >= 0.3 is 6.03 Å². The molecule has 0 bridgehead atoms. The fraction of sp³-hybridized carbons (Fsp3) is 0.615. The quantitative estimate of drug-likeness (QED) is 0.811. The molecule has 0 atom stereocenters. The van der Waals surface area contributed by atoms with Crippen LogP contribution in [-0.4, -0.2) is 37.1 Å². The van der Waals surface area contributed by atoms with Gasteiger partial charge in [0.2, 0.25) is 0 Å². The number of carbonyl (C=O) groups excluding carboxylic acids is 1. The Balaban J connectivity index is 2.20. The Morgan fingerprint density at radius 1 is 1.50 bits per heavy atom. The number of hydrogen-bond acceptors (Lipinski definition) is 3. The normalized spacial score (nSPS) is 11.0. The summed E-state index contributed by atoms with van der Waals surface area (Å²) < 4.78 is 5.25. The van der Waals surface area contributed by atoms with E-state index in [4.69, 9.17) is 4.42 Å². The van der Waals surface area contributed by atoms with Crippen molar-refractivity contribution >= 4 is 6.03 Å². The average molecular weight is 253 g/mol. The monoisotopic (exact) mass is 253 g/mol. The molecule has 0 saturated carbocycles. The highest BCUT2D eigenvalue weighted by Crippen LogP contribution is 2.10. The third kappa shape index (κ3) is 5.23. The van der Waals surface area contributed by atoms with Gasteiger partial charge in [0.05, 0.1) is 6.26 Å². The zero-order valence-electron chi connectivity index (χ0n) is 11.6. The van der Waals surface area contributed by atoms with Crippen LogP contribution in [0.15, 0.2) is 16.7 Å². The highest BCUT2D eigenvalue weighted by Gasteiger charge is 2.06. The number of nitrogens with one attached hydrogen (secondary N) is 2. The van der Waals surface area contributed by atoms with Gasteiger partial charge in [-0.15, -0.1) is 0 Å². The molecule has 1 aromatic heterocycles. The van der Waals surface area contributed by atoms with Crippen molar-refractivity contribution in [3.05, 3.63) is 23.7 Å². The van der Waals surface area contributed by atoms with Gasteiger partial charge in [-0.25, -0.2) is 4.79 Å². The molecule has 5 nitrogen and oxygen atoms in total. The predicted molar refractivity (Wildman–Crippen MR) is 71.4 cm³/mol. The van der Waals surface area contributed by atoms with Crippen molar-refractivity contribution in [2.75, 3.05) is 20.1 Å². The summed E-state index contributed by atoms with van der Waals surface area (Å²) in [5, 5.41) is 5.61. The van der Waals surface area contributed by atoms with Gasteiger partial charge in [0.1, 0.15) is 5.76 Å². The molecular formula is C13H23N3O2. The SMILES string of the molecule is Cc1occc1CN(C)CCNC(=O)NC(C)C. The Hall–Kier alpha value is -1.49. The lowest BCUT2D eigenvalue weighted by atomic mass is 10.2. The van der Waals surface area contributed by atoms with Gasteiger partial charge in [-0.3, -0.25) is 0 Å². The molecular weight excluding hydrogens is 230 g/mol. The second-order valence-electron chi connectivity index (χ2n) is 4.79. The first-order chi connectivity index (χ1) is 8.49. The highest BCUT2D eigenvalue weighted by atomic mass is 16.3. The van der Waals surface area contributed by atoms with E-state index in [1.807, 2.05) is 33.9 Å². The fourth-order valence-corrected chi connectivity index (χ4v) is 1.62. The Labute approximate surface area is 109 Å². The molecule has 1 rings (SSSR count). The molecule has 0 spiro atoms. The van der Waals surface area contributed by atoms with Gasteiger partial charge in [-0.05, 0) is 33.9 Å². The van der Waals surface area contributed by atoms with Crippen molar-refractivity contribution in [2.24, 2.45) is 0 Å². The number of urea groups is 1. The summed E-state index contributed by atoms with van der Waals surface area (Å²) in [7, 11) is 2.02. The average Bonchev–Trinajstić information content (AvgIpc) is 2.63. The molecule has 102 valence electrons. The zero-order chi connectivity index (χ0) is 13.5. The number of rotatable bonds is 6. The second-order valence-corrected chi connectivity index (χ2v) is 4.79. The maximum Gasteiger partial charge on any atom is 0.315 e. The summed E-state index contributed by atoms with van der Waals surface area (Å²) in [6, 6.07) is 2.03. The van der Waals surface area contributed by atoms with E-state index in [1.54, 1.807) is 6.26 Å². The lowest BCUT2D eigenvalue weighted by Crippen LogP contribution is -2.42. The Morgan fingerprint density at radius 2 is 2.22 bits per heavy atom. The molecule has 0 fully saturated rings. The number of likely N-dealkylation sites (N-methyl/N-ethyl adjacent to an activating group) is 1. The number of carbonyl (C=O) groups is 1. The number of amides is 2. The standard InChI is InChI=1S/C13H23N3O2/c1-10(2)15-13(17)14-6-7-16(4)9-12-5-8-18-11(12)3/h5,8,10H,6-7,9H2,1-4H3,(H2,14,15,17). The Morgan fingerprint density at radius 3 is 2.78 bits per heavy atom. The van der Waals surface area contributed by atoms with E-state index in [2.05, 4.69) is 15.5 Å². The summed E-state index contributed by atoms with van der Waals surface area (Å²) >= 11 is 0. The molecule has 0 aromatic carbocycles. The first-order valence-corrected chi connectivity index (χ1v) is 6.25. The lowest BCUT2D eigenvalue weighted by molar-refractivity contribution is 0.235. The van der Waals surface area contributed by atoms with Crippen LogP contribution in [0.3, 0.4) is 0 Å². The highest BCUT2D eigenvalue weighted by molar-refractivity contribution is 5.74. The van der Waals surface area contributed by atoms with Crippen molar-refractivity contribution in [2.45, 2.75) is 33.4 Å². The first-order valence-electron chi connectivity index (χ1n) is 6.25. The van der Waals surface area contributed by atoms with Crippen LogP contribution < -0.4 is 10.6 Å². The van der Waals surface area contributed by atoms with Crippen LogP contribution in [0.4, 0.5) is 4.79 Å². The van der Waals surface area contributed by atoms with E-state index >= 15 is 0 Å². The van der Waals surface area contributed by atoms with Crippen molar-refractivity contribution in [1.82, 2.24) is 15.5 Å². The second kappa shape index (κ2) is 7.06. The minimum Gasteiger partial charge on any atom is -0.469 e. The van der Waals surface area contributed by atoms with Crippen molar-refractivity contribution in [3.63, 3.8) is 0 Å². The summed E-state index contributed by atoms with van der Waals surface area (Å²) in [6.45, 7) is 8.09. The van der Waals surface area contributed by atoms with Crippen molar-refractivity contribution in [1.29, 1.82) is 0 Å². The van der Waals surface area contributed by atoms with E-state index < -0.39 is 0 Å².